The number of nitrogens with one attached hydrogen (secondary N) is 1. The summed E-state index contributed by atoms with van der Waals surface area (Å²) in [6.45, 7) is 0. The van der Waals surface area contributed by atoms with E-state index in [1.165, 1.54) is 5.01 Å². The van der Waals surface area contributed by atoms with Crippen LogP contribution in [-0.2, 0) is 9.59 Å². The molecule has 0 unspecified atom stereocenters. The lowest BCUT2D eigenvalue weighted by Gasteiger charge is -2.14. The molecule has 2 rings (SSSR count). The van der Waals surface area contributed by atoms with Crippen LogP contribution in [0.15, 0.2) is 24.3 Å². The van der Waals surface area contributed by atoms with E-state index in [0.717, 1.165) is 0 Å². The highest BCUT2D eigenvalue weighted by Crippen LogP contribution is 2.19. The van der Waals surface area contributed by atoms with Gasteiger partial charge in [-0.15, -0.1) is 0 Å². The second-order valence-corrected chi connectivity index (χ2v) is 3.35. The third-order valence-electron chi connectivity index (χ3n) is 1.88. The number of hydrazine groups is 1. The van der Waals surface area contributed by atoms with Crippen LogP contribution < -0.4 is 10.4 Å². The molecule has 2 amide bonds. The minimum atomic E-state index is -0.287. The first-order valence-corrected chi connectivity index (χ1v) is 4.42. The highest BCUT2D eigenvalue weighted by atomic mass is 35.5. The van der Waals surface area contributed by atoms with Crippen LogP contribution in [-0.4, -0.2) is 11.8 Å². The Morgan fingerprint density at radius 2 is 1.86 bits per heavy atom. The molecule has 1 N–H and O–H groups in total. The minimum Gasteiger partial charge on any atom is -0.273 e. The van der Waals surface area contributed by atoms with Gasteiger partial charge in [0.05, 0.1) is 5.69 Å². The van der Waals surface area contributed by atoms with Gasteiger partial charge in [-0.3, -0.25) is 15.0 Å². The first kappa shape index (κ1) is 9.02. The molecule has 14 heavy (non-hydrogen) atoms. The largest absolute Gasteiger partial charge is 0.273 e. The molecule has 0 saturated carbocycles. The van der Waals surface area contributed by atoms with E-state index in [1.54, 1.807) is 24.3 Å². The number of carbonyl (C=O) groups is 2. The van der Waals surface area contributed by atoms with Crippen LogP contribution in [0.2, 0.25) is 5.02 Å². The van der Waals surface area contributed by atoms with Gasteiger partial charge in [0.1, 0.15) is 6.42 Å². The predicted octanol–water partition coefficient (Wildman–Crippen LogP) is 1.11. The summed E-state index contributed by atoms with van der Waals surface area (Å²) < 4.78 is 0. The third kappa shape index (κ3) is 1.56. The van der Waals surface area contributed by atoms with Crippen molar-refractivity contribution in [3.63, 3.8) is 0 Å². The smallest absolute Gasteiger partial charge is 0.255 e. The van der Waals surface area contributed by atoms with E-state index in [1.807, 2.05) is 0 Å². The minimum absolute atomic E-state index is 0.0946. The summed E-state index contributed by atoms with van der Waals surface area (Å²) in [5.41, 5.74) is 3.06. The Labute approximate surface area is 85.4 Å². The predicted molar refractivity (Wildman–Crippen MR) is 51.7 cm³/mol. The molecule has 5 heteroatoms. The van der Waals surface area contributed by atoms with Crippen LogP contribution >= 0.6 is 11.6 Å². The summed E-state index contributed by atoms with van der Waals surface area (Å²) in [6.07, 6.45) is -0.0946. The molecule has 1 aromatic carbocycles. The fourth-order valence-electron chi connectivity index (χ4n) is 1.24. The summed E-state index contributed by atoms with van der Waals surface area (Å²) in [4.78, 5) is 22.2. The van der Waals surface area contributed by atoms with Crippen molar-refractivity contribution in [2.45, 2.75) is 6.42 Å². The van der Waals surface area contributed by atoms with Gasteiger partial charge in [0.2, 0.25) is 5.91 Å². The van der Waals surface area contributed by atoms with Crippen molar-refractivity contribution in [2.75, 3.05) is 5.01 Å². The number of amides is 2. The Kier molecular flexibility index (Phi) is 2.13. The lowest BCUT2D eigenvalue weighted by molar-refractivity contribution is -0.122. The van der Waals surface area contributed by atoms with Crippen LogP contribution in [0.5, 0.6) is 0 Å². The van der Waals surface area contributed by atoms with Gasteiger partial charge in [-0.2, -0.15) is 0 Å². The quantitative estimate of drug-likeness (QED) is 0.706. The summed E-state index contributed by atoms with van der Waals surface area (Å²) in [6, 6.07) is 6.67. The molecule has 1 aliphatic heterocycles. The van der Waals surface area contributed by atoms with Gasteiger partial charge < -0.3 is 0 Å². The molecule has 1 heterocycles. The van der Waals surface area contributed by atoms with Crippen LogP contribution in [0.3, 0.4) is 0 Å². The van der Waals surface area contributed by atoms with Gasteiger partial charge in [0.25, 0.3) is 5.91 Å². The number of nitrogens with zero attached hydrogens (tertiary/aromatic N) is 1. The van der Waals surface area contributed by atoms with E-state index in [9.17, 15) is 9.59 Å². The van der Waals surface area contributed by atoms with E-state index in [-0.39, 0.29) is 18.2 Å². The Hall–Kier alpha value is -1.55. The van der Waals surface area contributed by atoms with Crippen molar-refractivity contribution < 1.29 is 9.59 Å². The highest BCUT2D eigenvalue weighted by Gasteiger charge is 2.27. The average molecular weight is 211 g/mol. The Balaban J connectivity index is 2.27. The second-order valence-electron chi connectivity index (χ2n) is 2.92. The lowest BCUT2D eigenvalue weighted by Crippen LogP contribution is -2.35. The molecule has 0 bridgehead atoms. The summed E-state index contributed by atoms with van der Waals surface area (Å²) in [5, 5.41) is 1.81. The van der Waals surface area contributed by atoms with Crippen LogP contribution in [0.4, 0.5) is 5.69 Å². The Bertz CT molecular complexity index is 388. The number of hydrogen-bond acceptors (Lipinski definition) is 2. The number of halogens is 1. The van der Waals surface area contributed by atoms with E-state index >= 15 is 0 Å². The Morgan fingerprint density at radius 3 is 2.36 bits per heavy atom. The van der Waals surface area contributed by atoms with Crippen molar-refractivity contribution in [1.29, 1.82) is 0 Å². The maximum absolute atomic E-state index is 11.3. The summed E-state index contributed by atoms with van der Waals surface area (Å²) in [7, 11) is 0. The molecular weight excluding hydrogens is 204 g/mol. The zero-order valence-electron chi connectivity index (χ0n) is 7.16. The SMILES string of the molecule is O=C1CC(=O)N(c2ccc(Cl)cc2)N1. The van der Waals surface area contributed by atoms with E-state index in [2.05, 4.69) is 5.43 Å². The zero-order valence-corrected chi connectivity index (χ0v) is 7.91. The average Bonchev–Trinajstić information content (AvgIpc) is 2.47. The van der Waals surface area contributed by atoms with Crippen molar-refractivity contribution in [2.24, 2.45) is 0 Å². The molecule has 1 aliphatic rings. The van der Waals surface area contributed by atoms with Crippen molar-refractivity contribution in [3.05, 3.63) is 29.3 Å². The van der Waals surface area contributed by atoms with Crippen molar-refractivity contribution in [3.8, 4) is 0 Å². The first-order chi connectivity index (χ1) is 6.66. The van der Waals surface area contributed by atoms with E-state index in [4.69, 9.17) is 11.6 Å². The fourth-order valence-corrected chi connectivity index (χ4v) is 1.37. The maximum Gasteiger partial charge on any atom is 0.255 e. The van der Waals surface area contributed by atoms with Crippen molar-refractivity contribution in [1.82, 2.24) is 5.43 Å². The summed E-state index contributed by atoms with van der Waals surface area (Å²) in [5.74, 6) is -0.540. The molecule has 1 aromatic rings. The number of hydrogen-bond donors (Lipinski definition) is 1. The zero-order chi connectivity index (χ0) is 10.1. The van der Waals surface area contributed by atoms with Crippen LogP contribution in [0.25, 0.3) is 0 Å². The second kappa shape index (κ2) is 3.31. The number of benzene rings is 1. The lowest BCUT2D eigenvalue weighted by atomic mass is 10.3. The maximum atomic E-state index is 11.3. The molecule has 1 saturated heterocycles. The molecule has 0 radical (unpaired) electrons. The molecule has 1 fully saturated rings. The molecular formula is C9H7ClN2O2. The monoisotopic (exact) mass is 210 g/mol. The van der Waals surface area contributed by atoms with Gasteiger partial charge in [-0.05, 0) is 24.3 Å². The van der Waals surface area contributed by atoms with Gasteiger partial charge >= 0.3 is 0 Å². The van der Waals surface area contributed by atoms with E-state index in [0.29, 0.717) is 10.7 Å². The van der Waals surface area contributed by atoms with Gasteiger partial charge in [0, 0.05) is 5.02 Å². The van der Waals surface area contributed by atoms with E-state index < -0.39 is 0 Å². The first-order valence-electron chi connectivity index (χ1n) is 4.05. The summed E-state index contributed by atoms with van der Waals surface area (Å²) >= 11 is 5.69. The van der Waals surface area contributed by atoms with Gasteiger partial charge in [-0.25, -0.2) is 5.01 Å². The molecule has 4 nitrogen and oxygen atoms in total. The van der Waals surface area contributed by atoms with Gasteiger partial charge in [0.15, 0.2) is 0 Å². The molecule has 0 aromatic heterocycles. The Morgan fingerprint density at radius 1 is 1.21 bits per heavy atom. The van der Waals surface area contributed by atoms with Gasteiger partial charge in [-0.1, -0.05) is 11.6 Å². The van der Waals surface area contributed by atoms with Crippen LogP contribution in [0.1, 0.15) is 6.42 Å². The number of carbonyl (C=O) groups excluding carboxylic acids is 2. The molecule has 0 spiro atoms. The topological polar surface area (TPSA) is 49.4 Å². The van der Waals surface area contributed by atoms with Crippen molar-refractivity contribution >= 4 is 29.1 Å². The fraction of sp³-hybridized carbons (Fsp3) is 0.111. The normalized spacial score (nSPS) is 15.9. The highest BCUT2D eigenvalue weighted by molar-refractivity contribution is 6.30. The van der Waals surface area contributed by atoms with Crippen LogP contribution in [0, 0.1) is 0 Å². The molecule has 72 valence electrons. The third-order valence-corrected chi connectivity index (χ3v) is 2.13. The molecule has 0 atom stereocenters. The standard InChI is InChI=1S/C9H7ClN2O2/c10-6-1-3-7(4-2-6)12-9(14)5-8(13)11-12/h1-4H,5H2,(H,11,13). The molecule has 0 aliphatic carbocycles. The number of anilines is 1. The number of rotatable bonds is 1.